The van der Waals surface area contributed by atoms with Crippen LogP contribution in [0.3, 0.4) is 0 Å². The van der Waals surface area contributed by atoms with Crippen LogP contribution in [-0.4, -0.2) is 20.5 Å². The molecule has 0 atom stereocenters. The van der Waals surface area contributed by atoms with Crippen LogP contribution in [0.1, 0.15) is 28.8 Å². The van der Waals surface area contributed by atoms with Crippen molar-refractivity contribution in [2.75, 3.05) is 0 Å². The van der Waals surface area contributed by atoms with E-state index in [0.29, 0.717) is 21.4 Å². The molecule has 0 aliphatic carbocycles. The number of aryl methyl sites for hydroxylation is 2. The van der Waals surface area contributed by atoms with Crippen molar-refractivity contribution in [1.82, 2.24) is 14.8 Å². The van der Waals surface area contributed by atoms with E-state index in [1.54, 1.807) is 23.9 Å². The Morgan fingerprint density at radius 1 is 1.37 bits per heavy atom. The summed E-state index contributed by atoms with van der Waals surface area (Å²) in [6, 6.07) is 3.25. The summed E-state index contributed by atoms with van der Waals surface area (Å²) < 4.78 is 1.65. The zero-order chi connectivity index (χ0) is 14.0. The predicted molar refractivity (Wildman–Crippen MR) is 74.9 cm³/mol. The number of hydrogen-bond donors (Lipinski definition) is 0. The van der Waals surface area contributed by atoms with E-state index in [0.717, 1.165) is 12.1 Å². The number of pyridine rings is 1. The zero-order valence-corrected chi connectivity index (χ0v) is 12.2. The molecule has 19 heavy (non-hydrogen) atoms. The van der Waals surface area contributed by atoms with Crippen LogP contribution < -0.4 is 0 Å². The lowest BCUT2D eigenvalue weighted by Gasteiger charge is -2.02. The first-order valence-electron chi connectivity index (χ1n) is 5.88. The molecular weight excluding hydrogens is 285 g/mol. The Bertz CT molecular complexity index is 605. The highest BCUT2D eigenvalue weighted by atomic mass is 35.5. The number of nitrogens with zero attached hydrogens (tertiary/aromatic N) is 3. The fourth-order valence-corrected chi connectivity index (χ4v) is 2.27. The lowest BCUT2D eigenvalue weighted by Crippen LogP contribution is -2.09. The Labute approximate surface area is 121 Å². The molecule has 0 amide bonds. The summed E-state index contributed by atoms with van der Waals surface area (Å²) in [4.78, 5) is 16.1. The van der Waals surface area contributed by atoms with Crippen LogP contribution in [0.5, 0.6) is 0 Å². The summed E-state index contributed by atoms with van der Waals surface area (Å²) in [6.07, 6.45) is 2.37. The molecular formula is C13H13Cl2N3O. The van der Waals surface area contributed by atoms with Gasteiger partial charge in [-0.15, -0.1) is 0 Å². The van der Waals surface area contributed by atoms with Crippen molar-refractivity contribution in [3.05, 3.63) is 45.5 Å². The van der Waals surface area contributed by atoms with Gasteiger partial charge < -0.3 is 0 Å². The molecule has 2 rings (SSSR count). The third-order valence-corrected chi connectivity index (χ3v) is 3.50. The molecule has 0 aliphatic rings. The Balaban J connectivity index is 2.24. The zero-order valence-electron chi connectivity index (χ0n) is 10.7. The Kier molecular flexibility index (Phi) is 4.22. The Hall–Kier alpha value is -1.39. The molecule has 6 heteroatoms. The second-order valence-electron chi connectivity index (χ2n) is 4.15. The first kappa shape index (κ1) is 14.0. The van der Waals surface area contributed by atoms with Gasteiger partial charge in [-0.05, 0) is 18.6 Å². The third kappa shape index (κ3) is 2.96. The lowest BCUT2D eigenvalue weighted by atomic mass is 10.1. The highest BCUT2D eigenvalue weighted by Gasteiger charge is 2.17. The quantitative estimate of drug-likeness (QED) is 0.815. The van der Waals surface area contributed by atoms with Crippen molar-refractivity contribution >= 4 is 29.0 Å². The average Bonchev–Trinajstić information content (AvgIpc) is 2.67. The van der Waals surface area contributed by atoms with Gasteiger partial charge in [0.15, 0.2) is 5.78 Å². The van der Waals surface area contributed by atoms with E-state index >= 15 is 0 Å². The summed E-state index contributed by atoms with van der Waals surface area (Å²) in [6.45, 7) is 1.97. The van der Waals surface area contributed by atoms with Gasteiger partial charge in [0.05, 0.1) is 27.9 Å². The molecule has 0 unspecified atom stereocenters. The molecule has 0 fully saturated rings. The van der Waals surface area contributed by atoms with E-state index < -0.39 is 0 Å². The van der Waals surface area contributed by atoms with Gasteiger partial charge in [0.25, 0.3) is 0 Å². The first-order valence-corrected chi connectivity index (χ1v) is 6.63. The summed E-state index contributed by atoms with van der Waals surface area (Å²) in [5.41, 5.74) is 1.89. The predicted octanol–water partition coefficient (Wildman–Crippen LogP) is 3.11. The number of aromatic nitrogens is 3. The second kappa shape index (κ2) is 5.72. The van der Waals surface area contributed by atoms with Gasteiger partial charge in [-0.1, -0.05) is 30.1 Å². The maximum atomic E-state index is 12.1. The highest BCUT2D eigenvalue weighted by molar-refractivity contribution is 6.32. The van der Waals surface area contributed by atoms with Crippen molar-refractivity contribution in [2.45, 2.75) is 19.8 Å². The fraction of sp³-hybridized carbons (Fsp3) is 0.308. The van der Waals surface area contributed by atoms with Crippen LogP contribution in [0.2, 0.25) is 10.0 Å². The van der Waals surface area contributed by atoms with E-state index in [2.05, 4.69) is 10.1 Å². The fourth-order valence-electron chi connectivity index (χ4n) is 1.80. The molecule has 4 nitrogen and oxygen atoms in total. The Morgan fingerprint density at radius 3 is 2.63 bits per heavy atom. The van der Waals surface area contributed by atoms with Gasteiger partial charge >= 0.3 is 0 Å². The van der Waals surface area contributed by atoms with Crippen molar-refractivity contribution in [3.8, 4) is 0 Å². The molecule has 2 aromatic rings. The SMILES string of the molecule is CCc1nn(C)c(CC(=O)c2ccc(Cl)cn2)c1Cl. The van der Waals surface area contributed by atoms with Crippen LogP contribution in [0.4, 0.5) is 0 Å². The molecule has 0 spiro atoms. The van der Waals surface area contributed by atoms with Crippen LogP contribution >= 0.6 is 23.2 Å². The van der Waals surface area contributed by atoms with E-state index in [-0.39, 0.29) is 12.2 Å². The van der Waals surface area contributed by atoms with Crippen LogP contribution in [0.25, 0.3) is 0 Å². The van der Waals surface area contributed by atoms with Crippen LogP contribution in [-0.2, 0) is 19.9 Å². The van der Waals surface area contributed by atoms with Gasteiger partial charge in [-0.2, -0.15) is 5.10 Å². The number of ketones is 1. The van der Waals surface area contributed by atoms with Gasteiger partial charge in [0.1, 0.15) is 5.69 Å². The van der Waals surface area contributed by atoms with Gasteiger partial charge in [0.2, 0.25) is 0 Å². The minimum absolute atomic E-state index is 0.107. The monoisotopic (exact) mass is 297 g/mol. The van der Waals surface area contributed by atoms with Crippen molar-refractivity contribution in [3.63, 3.8) is 0 Å². The van der Waals surface area contributed by atoms with E-state index in [1.165, 1.54) is 6.20 Å². The number of rotatable bonds is 4. The molecule has 0 aliphatic heterocycles. The standard InChI is InChI=1S/C13H13Cl2N3O/c1-3-9-13(15)11(18(2)17-9)6-12(19)10-5-4-8(14)7-16-10/h4-5,7H,3,6H2,1-2H3. The smallest absolute Gasteiger partial charge is 0.187 e. The van der Waals surface area contributed by atoms with Gasteiger partial charge in [0, 0.05) is 13.2 Å². The Morgan fingerprint density at radius 2 is 2.11 bits per heavy atom. The summed E-state index contributed by atoms with van der Waals surface area (Å²) in [7, 11) is 1.78. The summed E-state index contributed by atoms with van der Waals surface area (Å²) in [5.74, 6) is -0.107. The topological polar surface area (TPSA) is 47.8 Å². The van der Waals surface area contributed by atoms with Crippen LogP contribution in [0, 0.1) is 0 Å². The minimum atomic E-state index is -0.107. The summed E-state index contributed by atoms with van der Waals surface area (Å²) in [5, 5.41) is 5.35. The number of carbonyl (C=O) groups is 1. The highest BCUT2D eigenvalue weighted by Crippen LogP contribution is 2.22. The molecule has 0 N–H and O–H groups in total. The van der Waals surface area contributed by atoms with Crippen LogP contribution in [0.15, 0.2) is 18.3 Å². The van der Waals surface area contributed by atoms with Crippen molar-refractivity contribution in [2.24, 2.45) is 7.05 Å². The normalized spacial score (nSPS) is 10.7. The molecule has 0 saturated carbocycles. The van der Waals surface area contributed by atoms with E-state index in [1.807, 2.05) is 6.92 Å². The summed E-state index contributed by atoms with van der Waals surface area (Å²) >= 11 is 11.9. The first-order chi connectivity index (χ1) is 9.02. The molecule has 0 aromatic carbocycles. The molecule has 0 radical (unpaired) electrons. The molecule has 0 saturated heterocycles. The molecule has 0 bridgehead atoms. The maximum Gasteiger partial charge on any atom is 0.187 e. The molecule has 2 aromatic heterocycles. The lowest BCUT2D eigenvalue weighted by molar-refractivity contribution is 0.0986. The number of hydrogen-bond acceptors (Lipinski definition) is 3. The minimum Gasteiger partial charge on any atom is -0.292 e. The van der Waals surface area contributed by atoms with Crippen molar-refractivity contribution < 1.29 is 4.79 Å². The maximum absolute atomic E-state index is 12.1. The third-order valence-electron chi connectivity index (χ3n) is 2.84. The molecule has 2 heterocycles. The second-order valence-corrected chi connectivity index (χ2v) is 4.96. The number of carbonyl (C=O) groups excluding carboxylic acids is 1. The van der Waals surface area contributed by atoms with E-state index in [9.17, 15) is 4.79 Å². The average molecular weight is 298 g/mol. The van der Waals surface area contributed by atoms with Gasteiger partial charge in [-0.25, -0.2) is 0 Å². The van der Waals surface area contributed by atoms with E-state index in [4.69, 9.17) is 23.2 Å². The number of Topliss-reactive ketones (excluding diaryl/α,β-unsaturated/α-hetero) is 1. The largest absolute Gasteiger partial charge is 0.292 e. The van der Waals surface area contributed by atoms with Gasteiger partial charge in [-0.3, -0.25) is 14.5 Å². The molecule has 100 valence electrons. The van der Waals surface area contributed by atoms with Crippen molar-refractivity contribution in [1.29, 1.82) is 0 Å². The number of halogens is 2.